The molecule has 0 aromatic heterocycles. The number of carbonyl (C=O) groups is 2. The molecule has 0 saturated heterocycles. The third-order valence-electron chi connectivity index (χ3n) is 4.91. The van der Waals surface area contributed by atoms with Gasteiger partial charge in [0.15, 0.2) is 5.17 Å². The van der Waals surface area contributed by atoms with Crippen molar-refractivity contribution in [3.8, 4) is 11.5 Å². The second-order valence-corrected chi connectivity index (χ2v) is 8.26. The first-order valence-corrected chi connectivity index (χ1v) is 12.0. The highest BCUT2D eigenvalue weighted by Crippen LogP contribution is 2.33. The number of esters is 1. The second kappa shape index (κ2) is 12.1. The van der Waals surface area contributed by atoms with Gasteiger partial charge in [0, 0.05) is 17.5 Å². The number of rotatable bonds is 9. The lowest BCUT2D eigenvalue weighted by atomic mass is 9.96. The maximum Gasteiger partial charge on any atom is 0.338 e. The molecular weight excluding hydrogens is 454 g/mol. The Morgan fingerprint density at radius 1 is 1.09 bits per heavy atom. The van der Waals surface area contributed by atoms with Crippen molar-refractivity contribution in [2.24, 2.45) is 4.99 Å². The van der Waals surface area contributed by atoms with Gasteiger partial charge in [-0.05, 0) is 50.6 Å². The fourth-order valence-corrected chi connectivity index (χ4v) is 4.13. The minimum Gasteiger partial charge on any atom is -0.497 e. The van der Waals surface area contributed by atoms with Crippen LogP contribution in [0.15, 0.2) is 64.8 Å². The van der Waals surface area contributed by atoms with E-state index in [9.17, 15) is 9.59 Å². The Morgan fingerprint density at radius 3 is 2.53 bits per heavy atom. The van der Waals surface area contributed by atoms with Crippen molar-refractivity contribution in [2.45, 2.75) is 26.8 Å². The maximum atomic E-state index is 12.7. The number of nitrogens with one attached hydrogen (secondary N) is 2. The van der Waals surface area contributed by atoms with Gasteiger partial charge in [-0.3, -0.25) is 4.79 Å². The molecule has 2 aromatic rings. The number of ether oxygens (including phenoxy) is 3. The average molecular weight is 484 g/mol. The molecule has 0 bridgehead atoms. The van der Waals surface area contributed by atoms with Crippen LogP contribution in [-0.4, -0.2) is 43.1 Å². The molecule has 0 spiro atoms. The molecular formula is C25H29N3O5S. The molecule has 1 aliphatic rings. The molecule has 0 aliphatic carbocycles. The van der Waals surface area contributed by atoms with Crippen LogP contribution in [0.2, 0.25) is 0 Å². The molecule has 2 N–H and O–H groups in total. The highest BCUT2D eigenvalue weighted by atomic mass is 32.2. The van der Waals surface area contributed by atoms with Crippen LogP contribution in [0.25, 0.3) is 0 Å². The monoisotopic (exact) mass is 483 g/mol. The molecule has 0 fully saturated rings. The zero-order valence-electron chi connectivity index (χ0n) is 19.7. The van der Waals surface area contributed by atoms with E-state index >= 15 is 0 Å². The Kier molecular flexibility index (Phi) is 8.98. The van der Waals surface area contributed by atoms with Crippen molar-refractivity contribution >= 4 is 34.5 Å². The largest absolute Gasteiger partial charge is 0.497 e. The summed E-state index contributed by atoms with van der Waals surface area (Å²) in [5, 5.41) is 6.54. The Bertz CT molecular complexity index is 1080. The van der Waals surface area contributed by atoms with Crippen LogP contribution in [0, 0.1) is 0 Å². The topological polar surface area (TPSA) is 98.2 Å². The van der Waals surface area contributed by atoms with E-state index in [1.807, 2.05) is 37.3 Å². The number of aliphatic imine (C=N–C) groups is 1. The first-order valence-electron chi connectivity index (χ1n) is 11.0. The Morgan fingerprint density at radius 2 is 1.85 bits per heavy atom. The highest BCUT2D eigenvalue weighted by Gasteiger charge is 2.30. The lowest BCUT2D eigenvalue weighted by Gasteiger charge is -2.25. The predicted octanol–water partition coefficient (Wildman–Crippen LogP) is 4.30. The van der Waals surface area contributed by atoms with E-state index in [1.54, 1.807) is 39.2 Å². The molecule has 1 amide bonds. The van der Waals surface area contributed by atoms with Crippen LogP contribution < -0.4 is 20.1 Å². The normalized spacial score (nSPS) is 15.2. The number of hydrogen-bond donors (Lipinski definition) is 2. The van der Waals surface area contributed by atoms with E-state index in [2.05, 4.69) is 10.6 Å². The van der Waals surface area contributed by atoms with Gasteiger partial charge in [-0.1, -0.05) is 30.0 Å². The van der Waals surface area contributed by atoms with Crippen molar-refractivity contribution in [2.75, 3.05) is 31.4 Å². The molecule has 9 heteroatoms. The fraction of sp³-hybridized carbons (Fsp3) is 0.320. The van der Waals surface area contributed by atoms with Gasteiger partial charge in [-0.25, -0.2) is 9.79 Å². The zero-order chi connectivity index (χ0) is 24.5. The van der Waals surface area contributed by atoms with Gasteiger partial charge >= 0.3 is 5.97 Å². The van der Waals surface area contributed by atoms with Crippen LogP contribution in [0.3, 0.4) is 0 Å². The maximum absolute atomic E-state index is 12.7. The molecule has 34 heavy (non-hydrogen) atoms. The minimum absolute atomic E-state index is 0.140. The number of nitrogens with zero attached hydrogens (tertiary/aromatic N) is 1. The quantitative estimate of drug-likeness (QED) is 0.513. The number of methoxy groups -OCH3 is 1. The van der Waals surface area contributed by atoms with Crippen molar-refractivity contribution in [3.05, 3.63) is 65.4 Å². The van der Waals surface area contributed by atoms with Gasteiger partial charge in [0.05, 0.1) is 31.6 Å². The third-order valence-corrected chi connectivity index (χ3v) is 5.80. The summed E-state index contributed by atoms with van der Waals surface area (Å²) >= 11 is 1.26. The van der Waals surface area contributed by atoms with Gasteiger partial charge in [0.2, 0.25) is 5.91 Å². The number of allylic oxidation sites excluding steroid dienone is 1. The molecule has 1 atom stereocenters. The zero-order valence-corrected chi connectivity index (χ0v) is 20.5. The lowest BCUT2D eigenvalue weighted by molar-refractivity contribution is -0.139. The Balaban J connectivity index is 1.76. The summed E-state index contributed by atoms with van der Waals surface area (Å²) in [5.74, 6) is 0.940. The number of carbonyl (C=O) groups excluding carboxylic acids is 2. The summed E-state index contributed by atoms with van der Waals surface area (Å²) in [7, 11) is 1.57. The molecule has 8 nitrogen and oxygen atoms in total. The van der Waals surface area contributed by atoms with Crippen molar-refractivity contribution in [1.82, 2.24) is 5.32 Å². The van der Waals surface area contributed by atoms with Gasteiger partial charge in [0.1, 0.15) is 17.5 Å². The van der Waals surface area contributed by atoms with Crippen LogP contribution in [0.1, 0.15) is 32.4 Å². The van der Waals surface area contributed by atoms with Crippen LogP contribution in [-0.2, 0) is 14.3 Å². The number of benzene rings is 2. The summed E-state index contributed by atoms with van der Waals surface area (Å²) in [6, 6.07) is 14.1. The van der Waals surface area contributed by atoms with E-state index < -0.39 is 12.0 Å². The van der Waals surface area contributed by atoms with E-state index in [-0.39, 0.29) is 18.3 Å². The molecule has 180 valence electrons. The van der Waals surface area contributed by atoms with Gasteiger partial charge in [-0.15, -0.1) is 0 Å². The fourth-order valence-electron chi connectivity index (χ4n) is 3.38. The summed E-state index contributed by atoms with van der Waals surface area (Å²) in [5.41, 5.74) is 2.56. The molecule has 0 radical (unpaired) electrons. The minimum atomic E-state index is -0.556. The molecule has 0 saturated carbocycles. The van der Waals surface area contributed by atoms with E-state index in [0.29, 0.717) is 34.5 Å². The first-order chi connectivity index (χ1) is 16.4. The summed E-state index contributed by atoms with van der Waals surface area (Å²) in [4.78, 5) is 29.9. The highest BCUT2D eigenvalue weighted by molar-refractivity contribution is 8.14. The number of amidine groups is 1. The van der Waals surface area contributed by atoms with Crippen molar-refractivity contribution < 1.29 is 23.8 Å². The van der Waals surface area contributed by atoms with Crippen molar-refractivity contribution in [1.29, 1.82) is 0 Å². The van der Waals surface area contributed by atoms with Gasteiger partial charge in [0.25, 0.3) is 0 Å². The third kappa shape index (κ3) is 6.54. The van der Waals surface area contributed by atoms with Crippen LogP contribution in [0.5, 0.6) is 11.5 Å². The standard InChI is InChI=1S/C25H29N3O5S/c1-5-32-19-12-10-17(11-13-19)23-22(24(30)33-6-2)16(3)26-25(28-23)34-15-21(29)27-18-8-7-9-20(14-18)31-4/h7-14,23H,5-6,15H2,1-4H3,(H,26,28)(H,27,29)/t23-/m1/s1. The molecule has 2 aromatic carbocycles. The summed E-state index contributed by atoms with van der Waals surface area (Å²) in [6.07, 6.45) is 0. The second-order valence-electron chi connectivity index (χ2n) is 7.29. The predicted molar refractivity (Wildman–Crippen MR) is 134 cm³/mol. The lowest BCUT2D eigenvalue weighted by Crippen LogP contribution is -2.31. The number of amides is 1. The molecule has 1 aliphatic heterocycles. The van der Waals surface area contributed by atoms with E-state index in [1.165, 1.54) is 11.8 Å². The smallest absolute Gasteiger partial charge is 0.338 e. The number of thioether (sulfide) groups is 1. The molecule has 3 rings (SSSR count). The first kappa shape index (κ1) is 25.2. The van der Waals surface area contributed by atoms with Gasteiger partial charge < -0.3 is 24.8 Å². The van der Waals surface area contributed by atoms with Crippen molar-refractivity contribution in [3.63, 3.8) is 0 Å². The van der Waals surface area contributed by atoms with Crippen LogP contribution in [0.4, 0.5) is 5.69 Å². The van der Waals surface area contributed by atoms with Gasteiger partial charge in [-0.2, -0.15) is 0 Å². The van der Waals surface area contributed by atoms with E-state index in [4.69, 9.17) is 19.2 Å². The number of hydrogen-bond acceptors (Lipinski definition) is 8. The number of anilines is 1. The SMILES string of the molecule is CCOC(=O)C1=C(C)NC(SCC(=O)Nc2cccc(OC)c2)=N[C@@H]1c1ccc(OCC)cc1. The summed E-state index contributed by atoms with van der Waals surface area (Å²) in [6.45, 7) is 6.32. The Labute approximate surface area is 203 Å². The Hall–Kier alpha value is -3.46. The van der Waals surface area contributed by atoms with Crippen LogP contribution >= 0.6 is 11.8 Å². The van der Waals surface area contributed by atoms with E-state index in [0.717, 1.165) is 11.3 Å². The molecule has 0 unspecified atom stereocenters. The average Bonchev–Trinajstić information content (AvgIpc) is 2.83. The summed E-state index contributed by atoms with van der Waals surface area (Å²) < 4.78 is 16.0. The molecule has 1 heterocycles.